The molecule has 0 aliphatic carbocycles. The molecule has 0 radical (unpaired) electrons. The van der Waals surface area contributed by atoms with Crippen LogP contribution in [0.3, 0.4) is 0 Å². The molecular weight excluding hydrogens is 419 g/mol. The van der Waals surface area contributed by atoms with Crippen LogP contribution >= 0.6 is 23.2 Å². The third-order valence-corrected chi connectivity index (χ3v) is 6.01. The Labute approximate surface area is 186 Å². The summed E-state index contributed by atoms with van der Waals surface area (Å²) < 4.78 is 0. The van der Waals surface area contributed by atoms with Crippen molar-refractivity contribution in [3.05, 3.63) is 76.3 Å². The molecule has 7 heteroatoms. The number of rotatable bonds is 5. The van der Waals surface area contributed by atoms with Gasteiger partial charge >= 0.3 is 0 Å². The highest BCUT2D eigenvalue weighted by molar-refractivity contribution is 6.31. The number of carbonyl (C=O) groups excluding carboxylic acids is 1. The maximum absolute atomic E-state index is 12.5. The summed E-state index contributed by atoms with van der Waals surface area (Å²) in [5.41, 5.74) is 2.72. The monoisotopic (exact) mass is 440 g/mol. The van der Waals surface area contributed by atoms with Crippen molar-refractivity contribution in [3.63, 3.8) is 0 Å². The van der Waals surface area contributed by atoms with Crippen LogP contribution in [0.2, 0.25) is 10.0 Å². The number of halogens is 2. The lowest BCUT2D eigenvalue weighted by Gasteiger charge is -2.31. The van der Waals surface area contributed by atoms with E-state index in [1.165, 1.54) is 0 Å². The first-order valence-electron chi connectivity index (χ1n) is 9.96. The molecule has 0 spiro atoms. The summed E-state index contributed by atoms with van der Waals surface area (Å²) in [6, 6.07) is 19.1. The average Bonchev–Trinajstić information content (AvgIpc) is 2.79. The van der Waals surface area contributed by atoms with Crippen LogP contribution in [0.4, 0.5) is 5.82 Å². The zero-order chi connectivity index (χ0) is 20.9. The molecule has 1 fully saturated rings. The predicted molar refractivity (Wildman–Crippen MR) is 121 cm³/mol. The van der Waals surface area contributed by atoms with Crippen molar-refractivity contribution >= 4 is 34.9 Å². The van der Waals surface area contributed by atoms with E-state index in [9.17, 15) is 4.79 Å². The zero-order valence-corrected chi connectivity index (χ0v) is 17.9. The van der Waals surface area contributed by atoms with Gasteiger partial charge in [-0.15, -0.1) is 10.2 Å². The molecule has 3 aromatic rings. The van der Waals surface area contributed by atoms with Crippen LogP contribution in [0.15, 0.2) is 60.7 Å². The molecule has 0 bridgehead atoms. The second kappa shape index (κ2) is 9.45. The summed E-state index contributed by atoms with van der Waals surface area (Å²) in [4.78, 5) is 14.7. The quantitative estimate of drug-likeness (QED) is 0.607. The van der Waals surface area contributed by atoms with Crippen molar-refractivity contribution in [2.24, 2.45) is 5.92 Å². The Bertz CT molecular complexity index is 1000. The number of anilines is 1. The van der Waals surface area contributed by atoms with E-state index in [1.807, 2.05) is 60.7 Å². The standard InChI is InChI=1S/C23H22Cl2N4O/c24-19-7-5-16(6-8-19)21-9-10-22(28-27-21)29-13-11-17(12-14-29)23(30)26-15-18-3-1-2-4-20(18)25/h1-10,17H,11-15H2,(H,26,30). The first kappa shape index (κ1) is 20.6. The molecule has 1 aromatic heterocycles. The number of amides is 1. The Hall–Kier alpha value is -2.63. The molecule has 1 amide bonds. The molecule has 0 unspecified atom stereocenters. The average molecular weight is 441 g/mol. The van der Waals surface area contributed by atoms with Crippen molar-refractivity contribution < 1.29 is 4.79 Å². The van der Waals surface area contributed by atoms with Crippen LogP contribution in [0.25, 0.3) is 11.3 Å². The molecule has 30 heavy (non-hydrogen) atoms. The molecule has 2 aromatic carbocycles. The number of benzene rings is 2. The fourth-order valence-electron chi connectivity index (χ4n) is 3.61. The summed E-state index contributed by atoms with van der Waals surface area (Å²) in [6.07, 6.45) is 1.57. The molecule has 154 valence electrons. The number of hydrogen-bond donors (Lipinski definition) is 1. The van der Waals surface area contributed by atoms with Crippen LogP contribution in [0.5, 0.6) is 0 Å². The highest BCUT2D eigenvalue weighted by Crippen LogP contribution is 2.24. The Morgan fingerprint density at radius 3 is 2.37 bits per heavy atom. The molecule has 1 saturated heterocycles. The summed E-state index contributed by atoms with van der Waals surface area (Å²) >= 11 is 12.1. The smallest absolute Gasteiger partial charge is 0.223 e. The fraction of sp³-hybridized carbons (Fsp3) is 0.261. The summed E-state index contributed by atoms with van der Waals surface area (Å²) in [5, 5.41) is 13.1. The van der Waals surface area contributed by atoms with Gasteiger partial charge in [0.05, 0.1) is 5.69 Å². The van der Waals surface area contributed by atoms with Gasteiger partial charge in [-0.25, -0.2) is 0 Å². The predicted octanol–water partition coefficient (Wildman–Crippen LogP) is 4.98. The largest absolute Gasteiger partial charge is 0.355 e. The minimum absolute atomic E-state index is 0.00466. The van der Waals surface area contributed by atoms with E-state index in [4.69, 9.17) is 23.2 Å². The van der Waals surface area contributed by atoms with Gasteiger partial charge in [0.15, 0.2) is 5.82 Å². The lowest BCUT2D eigenvalue weighted by atomic mass is 9.96. The van der Waals surface area contributed by atoms with Crippen molar-refractivity contribution in [3.8, 4) is 11.3 Å². The van der Waals surface area contributed by atoms with E-state index < -0.39 is 0 Å². The van der Waals surface area contributed by atoms with Crippen molar-refractivity contribution in [1.29, 1.82) is 0 Å². The first-order chi connectivity index (χ1) is 14.6. The van der Waals surface area contributed by atoms with Crippen molar-refractivity contribution in [1.82, 2.24) is 15.5 Å². The minimum atomic E-state index is 0.00466. The minimum Gasteiger partial charge on any atom is -0.355 e. The third kappa shape index (κ3) is 4.91. The highest BCUT2D eigenvalue weighted by atomic mass is 35.5. The van der Waals surface area contributed by atoms with E-state index in [1.54, 1.807) is 0 Å². The van der Waals surface area contributed by atoms with Gasteiger partial charge in [0.1, 0.15) is 0 Å². The van der Waals surface area contributed by atoms with E-state index in [2.05, 4.69) is 20.4 Å². The number of hydrogen-bond acceptors (Lipinski definition) is 4. The molecule has 4 rings (SSSR count). The van der Waals surface area contributed by atoms with Gasteiger partial charge in [0.25, 0.3) is 0 Å². The number of piperidine rings is 1. The molecule has 1 N–H and O–H groups in total. The maximum atomic E-state index is 12.5. The van der Waals surface area contributed by atoms with Gasteiger partial charge in [-0.3, -0.25) is 4.79 Å². The van der Waals surface area contributed by atoms with E-state index in [0.717, 1.165) is 48.6 Å². The molecule has 1 aliphatic heterocycles. The topological polar surface area (TPSA) is 58.1 Å². The lowest BCUT2D eigenvalue weighted by Crippen LogP contribution is -2.40. The van der Waals surface area contributed by atoms with Gasteiger partial charge in [0, 0.05) is 41.2 Å². The second-order valence-corrected chi connectivity index (χ2v) is 8.20. The van der Waals surface area contributed by atoms with E-state index in [-0.39, 0.29) is 11.8 Å². The molecule has 0 atom stereocenters. The summed E-state index contributed by atoms with van der Waals surface area (Å²) in [6.45, 7) is 2.01. The van der Waals surface area contributed by atoms with Crippen LogP contribution in [-0.2, 0) is 11.3 Å². The van der Waals surface area contributed by atoms with Crippen LogP contribution < -0.4 is 10.2 Å². The summed E-state index contributed by atoms with van der Waals surface area (Å²) in [5.74, 6) is 0.923. The van der Waals surface area contributed by atoms with E-state index in [0.29, 0.717) is 16.6 Å². The molecule has 0 saturated carbocycles. The maximum Gasteiger partial charge on any atom is 0.223 e. The number of nitrogens with one attached hydrogen (secondary N) is 1. The number of carbonyl (C=O) groups is 1. The molecule has 5 nitrogen and oxygen atoms in total. The fourth-order valence-corrected chi connectivity index (χ4v) is 3.94. The van der Waals surface area contributed by atoms with Crippen molar-refractivity contribution in [2.75, 3.05) is 18.0 Å². The number of aromatic nitrogens is 2. The van der Waals surface area contributed by atoms with E-state index >= 15 is 0 Å². The third-order valence-electron chi connectivity index (χ3n) is 5.39. The normalized spacial score (nSPS) is 14.5. The Kier molecular flexibility index (Phi) is 6.50. The lowest BCUT2D eigenvalue weighted by molar-refractivity contribution is -0.125. The van der Waals surface area contributed by atoms with Gasteiger partial charge in [0.2, 0.25) is 5.91 Å². The first-order valence-corrected chi connectivity index (χ1v) is 10.7. The molecular formula is C23H22Cl2N4O. The second-order valence-electron chi connectivity index (χ2n) is 7.35. The highest BCUT2D eigenvalue weighted by Gasteiger charge is 2.25. The Balaban J connectivity index is 1.30. The van der Waals surface area contributed by atoms with Crippen LogP contribution in [0, 0.1) is 5.92 Å². The van der Waals surface area contributed by atoms with Gasteiger partial charge < -0.3 is 10.2 Å². The SMILES string of the molecule is O=C(NCc1ccccc1Cl)C1CCN(c2ccc(-c3ccc(Cl)cc3)nn2)CC1. The van der Waals surface area contributed by atoms with Gasteiger partial charge in [-0.2, -0.15) is 0 Å². The van der Waals surface area contributed by atoms with Crippen LogP contribution in [0.1, 0.15) is 18.4 Å². The summed E-state index contributed by atoms with van der Waals surface area (Å²) in [7, 11) is 0. The van der Waals surface area contributed by atoms with Crippen LogP contribution in [-0.4, -0.2) is 29.2 Å². The zero-order valence-electron chi connectivity index (χ0n) is 16.4. The van der Waals surface area contributed by atoms with Gasteiger partial charge in [-0.05, 0) is 48.7 Å². The Morgan fingerprint density at radius 2 is 1.70 bits per heavy atom. The van der Waals surface area contributed by atoms with Gasteiger partial charge in [-0.1, -0.05) is 53.5 Å². The molecule has 1 aliphatic rings. The molecule has 2 heterocycles. The Morgan fingerprint density at radius 1 is 0.967 bits per heavy atom. The number of nitrogens with zero attached hydrogens (tertiary/aromatic N) is 3. The van der Waals surface area contributed by atoms with Crippen molar-refractivity contribution in [2.45, 2.75) is 19.4 Å².